The van der Waals surface area contributed by atoms with Gasteiger partial charge in [-0.2, -0.15) is 5.10 Å². The summed E-state index contributed by atoms with van der Waals surface area (Å²) in [5.41, 5.74) is 1.49. The van der Waals surface area contributed by atoms with Crippen LogP contribution in [0.3, 0.4) is 0 Å². The third kappa shape index (κ3) is 4.07. The summed E-state index contributed by atoms with van der Waals surface area (Å²) in [6.07, 6.45) is 5.70. The molecule has 1 saturated heterocycles. The van der Waals surface area contributed by atoms with Gasteiger partial charge in [0.1, 0.15) is 11.6 Å². The van der Waals surface area contributed by atoms with E-state index in [1.54, 1.807) is 0 Å². The van der Waals surface area contributed by atoms with E-state index in [-0.39, 0.29) is 11.7 Å². The van der Waals surface area contributed by atoms with Crippen LogP contribution in [0.1, 0.15) is 35.7 Å². The van der Waals surface area contributed by atoms with Crippen LogP contribution in [-0.2, 0) is 13.1 Å². The van der Waals surface area contributed by atoms with E-state index in [4.69, 9.17) is 4.74 Å². The predicted molar refractivity (Wildman–Crippen MR) is 93.2 cm³/mol. The number of aryl methyl sites for hydroxylation is 1. The lowest BCUT2D eigenvalue weighted by Gasteiger charge is -2.31. The molecule has 2 aromatic rings. The minimum atomic E-state index is -0.413. The number of rotatable bonds is 6. The highest BCUT2D eigenvalue weighted by Crippen LogP contribution is 2.27. The van der Waals surface area contributed by atoms with Gasteiger partial charge >= 0.3 is 0 Å². The van der Waals surface area contributed by atoms with E-state index in [1.165, 1.54) is 25.3 Å². The van der Waals surface area contributed by atoms with Crippen LogP contribution < -0.4 is 4.74 Å². The number of ketones is 1. The maximum atomic E-state index is 13.6. The summed E-state index contributed by atoms with van der Waals surface area (Å²) >= 11 is 0. The predicted octanol–water partition coefficient (Wildman–Crippen LogP) is 3.15. The van der Waals surface area contributed by atoms with E-state index >= 15 is 0 Å². The van der Waals surface area contributed by atoms with E-state index in [0.29, 0.717) is 17.9 Å². The molecule has 25 heavy (non-hydrogen) atoms. The van der Waals surface area contributed by atoms with Crippen LogP contribution in [0, 0.1) is 11.7 Å². The standard InChI is InChI=1S/C19H24FN3O2/c1-3-23-12-14(10-21-23)11-22-8-4-5-15(13-22)19(24)17-9-16(20)6-7-18(17)25-2/h6-7,9-10,12,15H,3-5,8,11,13H2,1-2H3. The molecular weight excluding hydrogens is 321 g/mol. The topological polar surface area (TPSA) is 47.4 Å². The maximum Gasteiger partial charge on any atom is 0.171 e. The van der Waals surface area contributed by atoms with Crippen molar-refractivity contribution < 1.29 is 13.9 Å². The lowest BCUT2D eigenvalue weighted by molar-refractivity contribution is 0.0808. The Morgan fingerprint density at radius 3 is 3.00 bits per heavy atom. The van der Waals surface area contributed by atoms with Crippen molar-refractivity contribution in [2.45, 2.75) is 32.9 Å². The van der Waals surface area contributed by atoms with E-state index in [0.717, 1.165) is 38.0 Å². The summed E-state index contributed by atoms with van der Waals surface area (Å²) in [6, 6.07) is 4.11. The van der Waals surface area contributed by atoms with Gasteiger partial charge in [0.2, 0.25) is 0 Å². The molecule has 1 atom stereocenters. The zero-order valence-corrected chi connectivity index (χ0v) is 14.7. The second kappa shape index (κ2) is 7.78. The van der Waals surface area contributed by atoms with Gasteiger partial charge in [-0.05, 0) is 44.5 Å². The number of hydrogen-bond donors (Lipinski definition) is 0. The largest absolute Gasteiger partial charge is 0.496 e. The van der Waals surface area contributed by atoms with Gasteiger partial charge in [-0.3, -0.25) is 14.4 Å². The van der Waals surface area contributed by atoms with Gasteiger partial charge in [0.15, 0.2) is 5.78 Å². The van der Waals surface area contributed by atoms with E-state index in [9.17, 15) is 9.18 Å². The second-order valence-electron chi connectivity index (χ2n) is 6.49. The molecule has 1 aromatic heterocycles. The Kier molecular flexibility index (Phi) is 5.48. The fourth-order valence-electron chi connectivity index (χ4n) is 3.43. The number of piperidine rings is 1. The minimum absolute atomic E-state index is 0.0368. The molecule has 0 N–H and O–H groups in total. The van der Waals surface area contributed by atoms with Gasteiger partial charge in [-0.1, -0.05) is 0 Å². The average Bonchev–Trinajstić information content (AvgIpc) is 3.09. The Labute approximate surface area is 147 Å². The molecule has 0 aliphatic carbocycles. The smallest absolute Gasteiger partial charge is 0.171 e. The van der Waals surface area contributed by atoms with Gasteiger partial charge < -0.3 is 4.74 Å². The van der Waals surface area contributed by atoms with Crippen LogP contribution in [-0.4, -0.2) is 40.7 Å². The van der Waals surface area contributed by atoms with Crippen LogP contribution in [0.4, 0.5) is 4.39 Å². The molecule has 0 radical (unpaired) electrons. The molecule has 2 heterocycles. The van der Waals surface area contributed by atoms with Crippen molar-refractivity contribution in [1.29, 1.82) is 0 Å². The number of ether oxygens (including phenoxy) is 1. The monoisotopic (exact) mass is 345 g/mol. The molecule has 1 fully saturated rings. The van der Waals surface area contributed by atoms with Gasteiger partial charge in [-0.25, -0.2) is 4.39 Å². The van der Waals surface area contributed by atoms with Crippen molar-refractivity contribution in [2.24, 2.45) is 5.92 Å². The fraction of sp³-hybridized carbons (Fsp3) is 0.474. The molecule has 3 rings (SSSR count). The molecule has 0 spiro atoms. The van der Waals surface area contributed by atoms with Crippen LogP contribution in [0.25, 0.3) is 0 Å². The van der Waals surface area contributed by atoms with Crippen LogP contribution >= 0.6 is 0 Å². The number of nitrogens with zero attached hydrogens (tertiary/aromatic N) is 3. The van der Waals surface area contributed by atoms with Gasteiger partial charge in [-0.15, -0.1) is 0 Å². The number of carbonyl (C=O) groups excluding carboxylic acids is 1. The third-order valence-corrected chi connectivity index (χ3v) is 4.72. The van der Waals surface area contributed by atoms with Crippen molar-refractivity contribution >= 4 is 5.78 Å². The van der Waals surface area contributed by atoms with Crippen molar-refractivity contribution in [3.8, 4) is 5.75 Å². The summed E-state index contributed by atoms with van der Waals surface area (Å²) < 4.78 is 20.7. The highest BCUT2D eigenvalue weighted by molar-refractivity contribution is 6.00. The number of halogens is 1. The fourth-order valence-corrected chi connectivity index (χ4v) is 3.43. The molecule has 5 nitrogen and oxygen atoms in total. The Bertz CT molecular complexity index is 744. The number of methoxy groups -OCH3 is 1. The number of carbonyl (C=O) groups is 1. The molecule has 0 bridgehead atoms. The summed E-state index contributed by atoms with van der Waals surface area (Å²) in [5.74, 6) is -0.146. The highest BCUT2D eigenvalue weighted by atomic mass is 19.1. The molecule has 0 amide bonds. The first-order chi connectivity index (χ1) is 12.1. The summed E-state index contributed by atoms with van der Waals surface area (Å²) in [7, 11) is 1.50. The Hall–Kier alpha value is -2.21. The highest BCUT2D eigenvalue weighted by Gasteiger charge is 2.28. The first kappa shape index (κ1) is 17.6. The molecule has 0 saturated carbocycles. The number of likely N-dealkylation sites (tertiary alicyclic amines) is 1. The molecule has 1 aliphatic heterocycles. The van der Waals surface area contributed by atoms with Crippen LogP contribution in [0.15, 0.2) is 30.6 Å². The van der Waals surface area contributed by atoms with E-state index in [2.05, 4.69) is 16.9 Å². The van der Waals surface area contributed by atoms with Crippen LogP contribution in [0.5, 0.6) is 5.75 Å². The number of aromatic nitrogens is 2. The average molecular weight is 345 g/mol. The minimum Gasteiger partial charge on any atom is -0.496 e. The Morgan fingerprint density at radius 2 is 2.28 bits per heavy atom. The quantitative estimate of drug-likeness (QED) is 0.755. The van der Waals surface area contributed by atoms with Crippen LogP contribution in [0.2, 0.25) is 0 Å². The zero-order chi connectivity index (χ0) is 17.8. The van der Waals surface area contributed by atoms with Crippen molar-refractivity contribution in [3.05, 3.63) is 47.5 Å². The number of benzene rings is 1. The van der Waals surface area contributed by atoms with Gasteiger partial charge in [0.25, 0.3) is 0 Å². The molecule has 1 aromatic carbocycles. The van der Waals surface area contributed by atoms with Crippen molar-refractivity contribution in [1.82, 2.24) is 14.7 Å². The number of Topliss-reactive ketones (excluding diaryl/α,β-unsaturated/α-hetero) is 1. The van der Waals surface area contributed by atoms with E-state index in [1.807, 2.05) is 17.1 Å². The normalized spacial score (nSPS) is 18.3. The summed E-state index contributed by atoms with van der Waals surface area (Å²) in [6.45, 7) is 5.32. The Balaban J connectivity index is 1.70. The zero-order valence-electron chi connectivity index (χ0n) is 14.7. The first-order valence-corrected chi connectivity index (χ1v) is 8.72. The summed E-state index contributed by atoms with van der Waals surface area (Å²) in [4.78, 5) is 15.2. The molecular formula is C19H24FN3O2. The molecule has 134 valence electrons. The second-order valence-corrected chi connectivity index (χ2v) is 6.49. The van der Waals surface area contributed by atoms with E-state index < -0.39 is 5.82 Å². The SMILES string of the molecule is CCn1cc(CN2CCCC(C(=O)c3cc(F)ccc3OC)C2)cn1. The van der Waals surface area contributed by atoms with Crippen molar-refractivity contribution in [3.63, 3.8) is 0 Å². The van der Waals surface area contributed by atoms with Gasteiger partial charge in [0, 0.05) is 37.3 Å². The van der Waals surface area contributed by atoms with Crippen molar-refractivity contribution in [2.75, 3.05) is 20.2 Å². The maximum absolute atomic E-state index is 13.6. The molecule has 1 aliphatic rings. The molecule has 6 heteroatoms. The molecule has 1 unspecified atom stereocenters. The lowest BCUT2D eigenvalue weighted by atomic mass is 9.89. The first-order valence-electron chi connectivity index (χ1n) is 8.72. The third-order valence-electron chi connectivity index (χ3n) is 4.72. The number of hydrogen-bond acceptors (Lipinski definition) is 4. The summed E-state index contributed by atoms with van der Waals surface area (Å²) in [5, 5.41) is 4.30. The van der Waals surface area contributed by atoms with Gasteiger partial charge in [0.05, 0.1) is 18.9 Å². The lowest BCUT2D eigenvalue weighted by Crippen LogP contribution is -2.38. The Morgan fingerprint density at radius 1 is 1.44 bits per heavy atom.